The lowest BCUT2D eigenvalue weighted by molar-refractivity contribution is 0.199. The smallest absolute Gasteiger partial charge is 0.125 e. The van der Waals surface area contributed by atoms with Gasteiger partial charge in [0.25, 0.3) is 0 Å². The Morgan fingerprint density at radius 1 is 1.40 bits per heavy atom. The van der Waals surface area contributed by atoms with Gasteiger partial charge in [0.2, 0.25) is 0 Å². The second-order valence-corrected chi connectivity index (χ2v) is 5.61. The van der Waals surface area contributed by atoms with Crippen LogP contribution >= 0.6 is 0 Å². The van der Waals surface area contributed by atoms with E-state index in [9.17, 15) is 0 Å². The first kappa shape index (κ1) is 15.1. The molecule has 2 atom stereocenters. The van der Waals surface area contributed by atoms with Crippen LogP contribution in [0.4, 0.5) is 5.69 Å². The number of methoxy groups -OCH3 is 1. The molecule has 1 saturated heterocycles. The molecule has 1 aromatic carbocycles. The molecule has 1 aliphatic rings. The Morgan fingerprint density at radius 2 is 2.15 bits per heavy atom. The van der Waals surface area contributed by atoms with E-state index in [2.05, 4.69) is 35.8 Å². The number of rotatable bonds is 4. The number of anilines is 1. The van der Waals surface area contributed by atoms with Crippen LogP contribution in [0.2, 0.25) is 0 Å². The third kappa shape index (κ3) is 2.91. The van der Waals surface area contributed by atoms with Gasteiger partial charge in [0, 0.05) is 43.0 Å². The summed E-state index contributed by atoms with van der Waals surface area (Å²) in [6.07, 6.45) is 0. The van der Waals surface area contributed by atoms with Gasteiger partial charge in [-0.05, 0) is 32.5 Å². The summed E-state index contributed by atoms with van der Waals surface area (Å²) < 4.78 is 5.49. The molecule has 20 heavy (non-hydrogen) atoms. The van der Waals surface area contributed by atoms with E-state index in [1.807, 2.05) is 13.0 Å². The van der Waals surface area contributed by atoms with E-state index in [0.717, 1.165) is 37.5 Å². The summed E-state index contributed by atoms with van der Waals surface area (Å²) in [5.41, 5.74) is 8.51. The van der Waals surface area contributed by atoms with Crippen molar-refractivity contribution in [1.82, 2.24) is 4.90 Å². The topological polar surface area (TPSA) is 41.7 Å². The van der Waals surface area contributed by atoms with Crippen LogP contribution in [0.5, 0.6) is 5.75 Å². The van der Waals surface area contributed by atoms with Gasteiger partial charge < -0.3 is 15.4 Å². The highest BCUT2D eigenvalue weighted by atomic mass is 16.5. The minimum Gasteiger partial charge on any atom is -0.496 e. The predicted octanol–water partition coefficient (Wildman–Crippen LogP) is 2.25. The SMILES string of the molecule is CCN1CCN(c2cccc(OC)c2[C@@H](C)N)CC1C. The Morgan fingerprint density at radius 3 is 2.70 bits per heavy atom. The zero-order valence-corrected chi connectivity index (χ0v) is 13.1. The van der Waals surface area contributed by atoms with Gasteiger partial charge in [-0.25, -0.2) is 0 Å². The van der Waals surface area contributed by atoms with Crippen LogP contribution in [0, 0.1) is 0 Å². The second kappa shape index (κ2) is 6.46. The van der Waals surface area contributed by atoms with Crippen LogP contribution in [0.25, 0.3) is 0 Å². The summed E-state index contributed by atoms with van der Waals surface area (Å²) in [6, 6.07) is 6.75. The minimum atomic E-state index is -0.0272. The molecule has 0 radical (unpaired) electrons. The van der Waals surface area contributed by atoms with E-state index in [0.29, 0.717) is 6.04 Å². The number of benzene rings is 1. The lowest BCUT2D eigenvalue weighted by atomic mass is 10.0. The van der Waals surface area contributed by atoms with Crippen LogP contribution < -0.4 is 15.4 Å². The Balaban J connectivity index is 2.29. The highest BCUT2D eigenvalue weighted by Gasteiger charge is 2.25. The van der Waals surface area contributed by atoms with Crippen LogP contribution in [-0.2, 0) is 0 Å². The van der Waals surface area contributed by atoms with Gasteiger partial charge in [-0.15, -0.1) is 0 Å². The van der Waals surface area contributed by atoms with Crippen LogP contribution in [0.3, 0.4) is 0 Å². The monoisotopic (exact) mass is 277 g/mol. The first-order valence-corrected chi connectivity index (χ1v) is 7.50. The summed E-state index contributed by atoms with van der Waals surface area (Å²) >= 11 is 0. The Hall–Kier alpha value is -1.26. The lowest BCUT2D eigenvalue weighted by Gasteiger charge is -2.41. The number of hydrogen-bond donors (Lipinski definition) is 1. The van der Waals surface area contributed by atoms with Gasteiger partial charge >= 0.3 is 0 Å². The Bertz CT molecular complexity index is 447. The number of ether oxygens (including phenoxy) is 1. The van der Waals surface area contributed by atoms with Crippen molar-refractivity contribution in [2.45, 2.75) is 32.9 Å². The lowest BCUT2D eigenvalue weighted by Crippen LogP contribution is -2.52. The molecule has 4 nitrogen and oxygen atoms in total. The van der Waals surface area contributed by atoms with E-state index in [4.69, 9.17) is 10.5 Å². The van der Waals surface area contributed by atoms with E-state index in [1.54, 1.807) is 7.11 Å². The third-order valence-corrected chi connectivity index (χ3v) is 4.23. The number of nitrogens with two attached hydrogens (primary N) is 1. The van der Waals surface area contributed by atoms with Crippen molar-refractivity contribution < 1.29 is 4.74 Å². The molecule has 2 rings (SSSR count). The summed E-state index contributed by atoms with van der Waals surface area (Å²) in [7, 11) is 1.71. The molecule has 0 bridgehead atoms. The molecule has 0 aromatic heterocycles. The molecule has 0 saturated carbocycles. The standard InChI is InChI=1S/C16H27N3O/c1-5-18-9-10-19(11-12(18)2)14-7-6-8-15(20-4)16(14)13(3)17/h6-8,12-13H,5,9-11,17H2,1-4H3/t12?,13-/m1/s1. The van der Waals surface area contributed by atoms with Gasteiger partial charge in [0.05, 0.1) is 7.11 Å². The van der Waals surface area contributed by atoms with Gasteiger partial charge in [0.1, 0.15) is 5.75 Å². The largest absolute Gasteiger partial charge is 0.496 e. The predicted molar refractivity (Wildman–Crippen MR) is 84.5 cm³/mol. The fourth-order valence-corrected chi connectivity index (χ4v) is 3.13. The van der Waals surface area contributed by atoms with Gasteiger partial charge in [-0.3, -0.25) is 4.90 Å². The quantitative estimate of drug-likeness (QED) is 0.916. The molecule has 1 heterocycles. The minimum absolute atomic E-state index is 0.0272. The summed E-state index contributed by atoms with van der Waals surface area (Å²) in [6.45, 7) is 10.9. The van der Waals surface area contributed by atoms with Gasteiger partial charge in [-0.1, -0.05) is 13.0 Å². The summed E-state index contributed by atoms with van der Waals surface area (Å²) in [5.74, 6) is 0.892. The number of hydrogen-bond acceptors (Lipinski definition) is 4. The average molecular weight is 277 g/mol. The van der Waals surface area contributed by atoms with Crippen molar-refractivity contribution in [3.05, 3.63) is 23.8 Å². The van der Waals surface area contributed by atoms with Crippen molar-refractivity contribution in [2.24, 2.45) is 5.73 Å². The molecule has 1 fully saturated rings. The first-order chi connectivity index (χ1) is 9.58. The number of nitrogens with zero attached hydrogens (tertiary/aromatic N) is 2. The molecular weight excluding hydrogens is 250 g/mol. The maximum atomic E-state index is 6.17. The molecule has 4 heteroatoms. The van der Waals surface area contributed by atoms with Crippen molar-refractivity contribution in [2.75, 3.05) is 38.2 Å². The zero-order valence-electron chi connectivity index (χ0n) is 13.1. The van der Waals surface area contributed by atoms with Gasteiger partial charge in [0.15, 0.2) is 0 Å². The van der Waals surface area contributed by atoms with E-state index in [-0.39, 0.29) is 6.04 Å². The molecule has 1 unspecified atom stereocenters. The molecule has 0 aliphatic carbocycles. The first-order valence-electron chi connectivity index (χ1n) is 7.50. The van der Waals surface area contributed by atoms with Gasteiger partial charge in [-0.2, -0.15) is 0 Å². The van der Waals surface area contributed by atoms with Crippen molar-refractivity contribution in [1.29, 1.82) is 0 Å². The molecule has 1 aliphatic heterocycles. The molecule has 0 amide bonds. The van der Waals surface area contributed by atoms with Crippen LogP contribution in [0.15, 0.2) is 18.2 Å². The second-order valence-electron chi connectivity index (χ2n) is 5.61. The third-order valence-electron chi connectivity index (χ3n) is 4.23. The molecule has 1 aromatic rings. The van der Waals surface area contributed by atoms with Crippen LogP contribution in [-0.4, -0.2) is 44.2 Å². The number of likely N-dealkylation sites (N-methyl/N-ethyl adjacent to an activating group) is 1. The molecule has 0 spiro atoms. The van der Waals surface area contributed by atoms with Crippen LogP contribution in [0.1, 0.15) is 32.4 Å². The maximum absolute atomic E-state index is 6.17. The summed E-state index contributed by atoms with van der Waals surface area (Å²) in [4.78, 5) is 4.96. The van der Waals surface area contributed by atoms with E-state index < -0.39 is 0 Å². The highest BCUT2D eigenvalue weighted by Crippen LogP contribution is 2.34. The summed E-state index contributed by atoms with van der Waals surface area (Å²) in [5, 5.41) is 0. The fourth-order valence-electron chi connectivity index (χ4n) is 3.13. The fraction of sp³-hybridized carbons (Fsp3) is 0.625. The average Bonchev–Trinajstić information content (AvgIpc) is 2.46. The van der Waals surface area contributed by atoms with Crippen molar-refractivity contribution in [3.63, 3.8) is 0 Å². The molecular formula is C16H27N3O. The normalized spacial score (nSPS) is 21.9. The number of piperazine rings is 1. The Kier molecular flexibility index (Phi) is 4.89. The highest BCUT2D eigenvalue weighted by molar-refractivity contribution is 5.61. The zero-order chi connectivity index (χ0) is 14.7. The Labute approximate surface area is 122 Å². The van der Waals surface area contributed by atoms with E-state index >= 15 is 0 Å². The molecule has 112 valence electrons. The van der Waals surface area contributed by atoms with Crippen molar-refractivity contribution in [3.8, 4) is 5.75 Å². The van der Waals surface area contributed by atoms with E-state index in [1.165, 1.54) is 5.69 Å². The van der Waals surface area contributed by atoms with Crippen molar-refractivity contribution >= 4 is 5.69 Å². The molecule has 2 N–H and O–H groups in total. The maximum Gasteiger partial charge on any atom is 0.125 e.